The van der Waals surface area contributed by atoms with Crippen LogP contribution in [0.1, 0.15) is 0 Å². The summed E-state index contributed by atoms with van der Waals surface area (Å²) in [6.07, 6.45) is -0.974. The van der Waals surface area contributed by atoms with Crippen LogP contribution in [0.15, 0.2) is 0 Å². The summed E-state index contributed by atoms with van der Waals surface area (Å²) in [6, 6.07) is 0. The van der Waals surface area contributed by atoms with E-state index in [-0.39, 0.29) is 11.8 Å². The van der Waals surface area contributed by atoms with E-state index in [4.69, 9.17) is 58.0 Å². The highest BCUT2D eigenvalue weighted by atomic mass is 35.5. The van der Waals surface area contributed by atoms with Crippen LogP contribution >= 0.6 is 58.0 Å². The zero-order chi connectivity index (χ0) is 10.7. The van der Waals surface area contributed by atoms with Crippen LogP contribution < -0.4 is 0 Å². The minimum absolute atomic E-state index is 0.161. The molecule has 13 heavy (non-hydrogen) atoms. The lowest BCUT2D eigenvalue weighted by atomic mass is 10.5. The van der Waals surface area contributed by atoms with Crippen molar-refractivity contribution in [3.63, 3.8) is 0 Å². The van der Waals surface area contributed by atoms with Crippen molar-refractivity contribution in [2.75, 3.05) is 11.8 Å². The zero-order valence-electron chi connectivity index (χ0n) is 6.05. The van der Waals surface area contributed by atoms with Crippen LogP contribution in [0, 0.1) is 0 Å². The van der Waals surface area contributed by atoms with E-state index in [1.54, 1.807) is 0 Å². The Hall–Kier alpha value is 1.27. The summed E-state index contributed by atoms with van der Waals surface area (Å²) in [6.45, 7) is 0. The van der Waals surface area contributed by atoms with Crippen molar-refractivity contribution in [3.05, 3.63) is 0 Å². The minimum atomic E-state index is -3.37. The van der Waals surface area contributed by atoms with Crippen LogP contribution in [0.3, 0.4) is 0 Å². The molecule has 0 amide bonds. The van der Waals surface area contributed by atoms with E-state index in [1.165, 1.54) is 0 Å². The molecule has 1 atom stereocenters. The molecular formula is C5H5Cl5F2O. The van der Waals surface area contributed by atoms with Crippen molar-refractivity contribution in [2.45, 2.75) is 16.0 Å². The topological polar surface area (TPSA) is 9.23 Å². The SMILES string of the molecule is FC(Cl)(Cl)C(F)(Cl)OC(CCl)CCl. The molecule has 0 aromatic carbocycles. The van der Waals surface area contributed by atoms with E-state index in [1.807, 2.05) is 0 Å². The first-order valence-corrected chi connectivity index (χ1v) is 5.19. The van der Waals surface area contributed by atoms with Gasteiger partial charge < -0.3 is 4.74 Å². The number of alkyl halides is 7. The molecule has 0 heterocycles. The van der Waals surface area contributed by atoms with Crippen molar-refractivity contribution in [2.24, 2.45) is 0 Å². The summed E-state index contributed by atoms with van der Waals surface area (Å²) in [7, 11) is 0. The fourth-order valence-corrected chi connectivity index (χ4v) is 1.05. The number of hydrogen-bond acceptors (Lipinski definition) is 1. The molecule has 0 radical (unpaired) electrons. The van der Waals surface area contributed by atoms with E-state index >= 15 is 0 Å². The molecule has 1 unspecified atom stereocenters. The second-order valence-electron chi connectivity index (χ2n) is 2.06. The van der Waals surface area contributed by atoms with Crippen LogP contribution in [0.4, 0.5) is 8.78 Å². The average molecular weight is 296 g/mol. The quantitative estimate of drug-likeness (QED) is 0.701. The Morgan fingerprint density at radius 2 is 1.46 bits per heavy atom. The molecule has 0 saturated heterocycles. The highest BCUT2D eigenvalue weighted by Crippen LogP contribution is 2.43. The van der Waals surface area contributed by atoms with Gasteiger partial charge in [0, 0.05) is 0 Å². The summed E-state index contributed by atoms with van der Waals surface area (Å²) in [4.78, 5) is 0. The van der Waals surface area contributed by atoms with Gasteiger partial charge in [-0.05, 0) is 11.6 Å². The Balaban J connectivity index is 4.31. The first-order valence-electron chi connectivity index (χ1n) is 2.99. The normalized spacial score (nSPS) is 17.5. The molecular weight excluding hydrogens is 291 g/mol. The van der Waals surface area contributed by atoms with E-state index < -0.39 is 16.0 Å². The number of ether oxygens (including phenoxy) is 1. The Labute approximate surface area is 99.2 Å². The maximum absolute atomic E-state index is 13.0. The lowest BCUT2D eigenvalue weighted by Crippen LogP contribution is -2.40. The van der Waals surface area contributed by atoms with Crippen molar-refractivity contribution in [1.29, 1.82) is 0 Å². The average Bonchev–Trinajstić information content (AvgIpc) is 1.98. The number of hydrogen-bond donors (Lipinski definition) is 0. The molecule has 0 N–H and O–H groups in total. The van der Waals surface area contributed by atoms with Gasteiger partial charge in [0.25, 0.3) is 0 Å². The van der Waals surface area contributed by atoms with Gasteiger partial charge in [-0.1, -0.05) is 23.2 Å². The molecule has 0 aliphatic carbocycles. The second-order valence-corrected chi connectivity index (χ2v) is 4.40. The predicted octanol–water partition coefficient (Wildman–Crippen LogP) is 3.81. The van der Waals surface area contributed by atoms with Gasteiger partial charge >= 0.3 is 9.90 Å². The minimum Gasteiger partial charge on any atom is -0.323 e. The smallest absolute Gasteiger partial charge is 0.323 e. The van der Waals surface area contributed by atoms with Crippen LogP contribution in [0.2, 0.25) is 0 Å². The largest absolute Gasteiger partial charge is 0.350 e. The van der Waals surface area contributed by atoms with Gasteiger partial charge in [-0.2, -0.15) is 8.78 Å². The molecule has 0 aromatic heterocycles. The molecule has 1 nitrogen and oxygen atoms in total. The number of rotatable bonds is 5. The van der Waals surface area contributed by atoms with Crippen LogP contribution in [-0.2, 0) is 4.74 Å². The zero-order valence-corrected chi connectivity index (χ0v) is 9.83. The fraction of sp³-hybridized carbons (Fsp3) is 1.00. The van der Waals surface area contributed by atoms with E-state index in [0.717, 1.165) is 0 Å². The highest BCUT2D eigenvalue weighted by molar-refractivity contribution is 6.51. The Morgan fingerprint density at radius 1 is 1.08 bits per heavy atom. The lowest BCUT2D eigenvalue weighted by Gasteiger charge is -2.27. The summed E-state index contributed by atoms with van der Waals surface area (Å²) in [5.41, 5.74) is 0. The van der Waals surface area contributed by atoms with Gasteiger partial charge in [-0.3, -0.25) is 0 Å². The third-order valence-corrected chi connectivity index (χ3v) is 2.71. The summed E-state index contributed by atoms with van der Waals surface area (Å²) < 4.78 is 26.5. The summed E-state index contributed by atoms with van der Waals surface area (Å²) >= 11 is 25.0. The molecule has 0 fully saturated rings. The van der Waals surface area contributed by atoms with Crippen molar-refractivity contribution < 1.29 is 13.5 Å². The van der Waals surface area contributed by atoms with E-state index in [9.17, 15) is 8.78 Å². The predicted molar refractivity (Wildman–Crippen MR) is 51.6 cm³/mol. The van der Waals surface area contributed by atoms with E-state index in [0.29, 0.717) is 0 Å². The Kier molecular flexibility index (Phi) is 5.91. The van der Waals surface area contributed by atoms with Crippen LogP contribution in [0.5, 0.6) is 0 Å². The van der Waals surface area contributed by atoms with Crippen LogP contribution in [-0.4, -0.2) is 27.8 Å². The summed E-state index contributed by atoms with van der Waals surface area (Å²) in [5.74, 6) is -0.322. The highest BCUT2D eigenvalue weighted by Gasteiger charge is 2.53. The van der Waals surface area contributed by atoms with Crippen LogP contribution in [0.25, 0.3) is 0 Å². The first kappa shape index (κ1) is 14.3. The maximum Gasteiger partial charge on any atom is 0.350 e. The molecule has 0 aliphatic rings. The van der Waals surface area contributed by atoms with Gasteiger partial charge in [0.1, 0.15) is 0 Å². The van der Waals surface area contributed by atoms with Gasteiger partial charge in [-0.15, -0.1) is 23.2 Å². The van der Waals surface area contributed by atoms with Crippen molar-refractivity contribution in [3.8, 4) is 0 Å². The van der Waals surface area contributed by atoms with Gasteiger partial charge in [-0.25, -0.2) is 0 Å². The summed E-state index contributed by atoms with van der Waals surface area (Å²) in [5, 5.41) is -3.37. The Bertz CT molecular complexity index is 155. The molecule has 0 bridgehead atoms. The molecule has 0 saturated carbocycles. The molecule has 80 valence electrons. The first-order chi connectivity index (χ1) is 5.74. The Morgan fingerprint density at radius 3 is 1.69 bits per heavy atom. The number of halogens is 7. The molecule has 0 rings (SSSR count). The third-order valence-electron chi connectivity index (χ3n) is 0.989. The standard InChI is InChI=1S/C5H5Cl5F2O/c6-1-3(2-7)13-5(10,12)4(8,9)11/h3H,1-2H2. The van der Waals surface area contributed by atoms with Gasteiger partial charge in [0.2, 0.25) is 0 Å². The molecule has 0 spiro atoms. The van der Waals surface area contributed by atoms with Crippen molar-refractivity contribution >= 4 is 58.0 Å². The maximum atomic E-state index is 13.0. The van der Waals surface area contributed by atoms with Gasteiger partial charge in [0.15, 0.2) is 0 Å². The van der Waals surface area contributed by atoms with E-state index in [2.05, 4.69) is 4.74 Å². The third kappa shape index (κ3) is 4.54. The molecule has 0 aliphatic heterocycles. The van der Waals surface area contributed by atoms with Crippen molar-refractivity contribution in [1.82, 2.24) is 0 Å². The molecule has 8 heteroatoms. The second kappa shape index (κ2) is 5.38. The molecule has 0 aromatic rings. The fourth-order valence-electron chi connectivity index (χ4n) is 0.380. The lowest BCUT2D eigenvalue weighted by molar-refractivity contribution is -0.137. The monoisotopic (exact) mass is 294 g/mol. The van der Waals surface area contributed by atoms with Gasteiger partial charge in [0.05, 0.1) is 17.9 Å².